The number of aliphatic carboxylic acids is 1. The van der Waals surface area contributed by atoms with Crippen molar-refractivity contribution in [2.24, 2.45) is 10.9 Å². The summed E-state index contributed by atoms with van der Waals surface area (Å²) in [5, 5.41) is 25.8. The fraction of sp³-hybridized carbons (Fsp3) is 0.235. The number of carboxylic acid groups (broad SMARTS) is 1. The fourth-order valence-electron chi connectivity index (χ4n) is 2.82. The molecule has 3 aromatic rings. The molecule has 0 aliphatic heterocycles. The van der Waals surface area contributed by atoms with Crippen LogP contribution in [0.15, 0.2) is 34.2 Å². The number of primary sulfonamides is 1. The Bertz CT molecular complexity index is 1480. The third-order valence-corrected chi connectivity index (χ3v) is 7.27. The van der Waals surface area contributed by atoms with Crippen LogP contribution in [-0.4, -0.2) is 72.0 Å². The number of H-pyrrole nitrogens is 1. The number of aromatic amines is 1. The van der Waals surface area contributed by atoms with E-state index < -0.39 is 47.5 Å². The van der Waals surface area contributed by atoms with E-state index in [1.807, 2.05) is 0 Å². The summed E-state index contributed by atoms with van der Waals surface area (Å²) in [5.74, 6) is -3.08. The number of sulfone groups is 1. The van der Waals surface area contributed by atoms with E-state index in [1.54, 1.807) is 13.0 Å². The summed E-state index contributed by atoms with van der Waals surface area (Å²) < 4.78 is 82.1. The van der Waals surface area contributed by atoms with Crippen molar-refractivity contribution in [1.29, 1.82) is 0 Å². The fourth-order valence-corrected chi connectivity index (χ4v) is 5.57. The summed E-state index contributed by atoms with van der Waals surface area (Å²) in [6.45, 7) is 1.52. The van der Waals surface area contributed by atoms with Gasteiger partial charge in [0.05, 0.1) is 16.2 Å². The lowest BCUT2D eigenvalue weighted by Crippen LogP contribution is -2.22. The number of carboxylic acids is 1. The Morgan fingerprint density at radius 1 is 1.19 bits per heavy atom. The molecule has 0 saturated heterocycles. The van der Waals surface area contributed by atoms with Crippen molar-refractivity contribution in [3.8, 4) is 22.5 Å². The van der Waals surface area contributed by atoms with E-state index in [0.29, 0.717) is 16.9 Å². The Morgan fingerprint density at radius 2 is 1.81 bits per heavy atom. The molecule has 2 aromatic heterocycles. The molecule has 3 rings (SSSR count). The van der Waals surface area contributed by atoms with Gasteiger partial charge in [-0.05, 0) is 35.4 Å². The highest BCUT2D eigenvalue weighted by molar-refractivity contribution is 7.93. The first kappa shape index (κ1) is 28.6. The number of nitrogens with zero attached hydrogens (tertiary/aromatic N) is 4. The van der Waals surface area contributed by atoms with Crippen molar-refractivity contribution in [3.05, 3.63) is 30.0 Å². The maximum absolute atomic E-state index is 12.7. The van der Waals surface area contributed by atoms with Crippen LogP contribution in [0.2, 0.25) is 0 Å². The Kier molecular flexibility index (Phi) is 8.34. The molecule has 0 bridgehead atoms. The van der Waals surface area contributed by atoms with Gasteiger partial charge in [-0.15, -0.1) is 10.2 Å². The standard InChI is InChI=1S/C15H18N8O4S2.C2HF3O2/c1-8-6-9(7-19-14(8)17)10-2-3-11(28(24,25)5-4-16)13(29(18,26)27)12(10)15-20-22-23-21-15;3-2(4,5)1(6)7/h2-3,6-7H,4-5,16H2,1H3,(H2,17,19)(H2,18,26,27)(H,20,21,22,23);(H,6,7). The number of nitrogens with two attached hydrogens (primary N) is 3. The van der Waals surface area contributed by atoms with E-state index in [4.69, 9.17) is 26.5 Å². The molecule has 0 spiro atoms. The van der Waals surface area contributed by atoms with E-state index in [2.05, 4.69) is 25.6 Å². The van der Waals surface area contributed by atoms with Crippen molar-refractivity contribution in [2.45, 2.75) is 22.9 Å². The molecule has 0 saturated carbocycles. The zero-order valence-corrected chi connectivity index (χ0v) is 19.8. The quantitative estimate of drug-likeness (QED) is 0.267. The van der Waals surface area contributed by atoms with Gasteiger partial charge in [-0.3, -0.25) is 0 Å². The zero-order chi connectivity index (χ0) is 27.5. The topological polar surface area (TPSA) is 251 Å². The average Bonchev–Trinajstić information content (AvgIpc) is 3.28. The third kappa shape index (κ3) is 6.50. The highest BCUT2D eigenvalue weighted by Gasteiger charge is 2.38. The first-order chi connectivity index (χ1) is 16.5. The summed E-state index contributed by atoms with van der Waals surface area (Å²) in [4.78, 5) is 11.8. The van der Waals surface area contributed by atoms with E-state index >= 15 is 0 Å². The molecule has 19 heteroatoms. The molecule has 0 aliphatic rings. The van der Waals surface area contributed by atoms with E-state index in [1.165, 1.54) is 12.3 Å². The molecule has 0 amide bonds. The number of tetrazole rings is 1. The number of nitrogens with one attached hydrogen (secondary N) is 1. The van der Waals surface area contributed by atoms with Gasteiger partial charge in [0.1, 0.15) is 10.7 Å². The number of carbonyl (C=O) groups is 1. The van der Waals surface area contributed by atoms with Gasteiger partial charge in [0.25, 0.3) is 0 Å². The van der Waals surface area contributed by atoms with Crippen LogP contribution in [0.4, 0.5) is 19.0 Å². The van der Waals surface area contributed by atoms with Crippen LogP contribution in [0.25, 0.3) is 22.5 Å². The largest absolute Gasteiger partial charge is 0.490 e. The summed E-state index contributed by atoms with van der Waals surface area (Å²) in [7, 11) is -8.58. The second kappa shape index (κ2) is 10.5. The Hall–Kier alpha value is -3.68. The van der Waals surface area contributed by atoms with Crippen LogP contribution in [0.3, 0.4) is 0 Å². The Labute approximate surface area is 201 Å². The molecule has 14 nitrogen and oxygen atoms in total. The molecule has 36 heavy (non-hydrogen) atoms. The lowest BCUT2D eigenvalue weighted by Gasteiger charge is -2.16. The normalized spacial score (nSPS) is 12.1. The lowest BCUT2D eigenvalue weighted by atomic mass is 9.99. The number of benzene rings is 1. The summed E-state index contributed by atoms with van der Waals surface area (Å²) in [5.41, 5.74) is 12.4. The van der Waals surface area contributed by atoms with Gasteiger partial charge in [0, 0.05) is 18.3 Å². The first-order valence-corrected chi connectivity index (χ1v) is 12.6. The van der Waals surface area contributed by atoms with E-state index in [9.17, 15) is 30.0 Å². The molecule has 0 aliphatic carbocycles. The van der Waals surface area contributed by atoms with Gasteiger partial charge in [-0.25, -0.2) is 31.8 Å². The number of aryl methyl sites for hydroxylation is 1. The second-order valence-corrected chi connectivity index (χ2v) is 10.5. The van der Waals surface area contributed by atoms with Crippen molar-refractivity contribution in [2.75, 3.05) is 18.0 Å². The zero-order valence-electron chi connectivity index (χ0n) is 18.2. The monoisotopic (exact) mass is 552 g/mol. The molecule has 0 radical (unpaired) electrons. The van der Waals surface area contributed by atoms with E-state index in [0.717, 1.165) is 6.07 Å². The van der Waals surface area contributed by atoms with Gasteiger partial charge in [0.2, 0.25) is 15.8 Å². The van der Waals surface area contributed by atoms with Crippen LogP contribution in [0, 0.1) is 6.92 Å². The van der Waals surface area contributed by atoms with Crippen LogP contribution in [-0.2, 0) is 24.7 Å². The molecular formula is C17H19F3N8O6S2. The van der Waals surface area contributed by atoms with Crippen LogP contribution >= 0.6 is 0 Å². The van der Waals surface area contributed by atoms with E-state index in [-0.39, 0.29) is 23.5 Å². The number of rotatable bonds is 6. The van der Waals surface area contributed by atoms with Crippen molar-refractivity contribution in [1.82, 2.24) is 25.6 Å². The van der Waals surface area contributed by atoms with Crippen molar-refractivity contribution in [3.63, 3.8) is 0 Å². The first-order valence-electron chi connectivity index (χ1n) is 9.39. The Morgan fingerprint density at radius 3 is 2.25 bits per heavy atom. The van der Waals surface area contributed by atoms with Gasteiger partial charge in [-0.2, -0.15) is 18.4 Å². The minimum Gasteiger partial charge on any atom is -0.475 e. The predicted octanol–water partition coefficient (Wildman–Crippen LogP) is -0.168. The minimum atomic E-state index is -5.08. The van der Waals surface area contributed by atoms with Gasteiger partial charge in [-0.1, -0.05) is 6.07 Å². The van der Waals surface area contributed by atoms with Crippen molar-refractivity contribution < 1.29 is 39.9 Å². The number of pyridine rings is 1. The van der Waals surface area contributed by atoms with Crippen LogP contribution < -0.4 is 16.6 Å². The number of alkyl halides is 3. The average molecular weight is 553 g/mol. The van der Waals surface area contributed by atoms with Gasteiger partial charge >= 0.3 is 12.1 Å². The molecule has 196 valence electrons. The molecule has 2 heterocycles. The number of hydrogen-bond acceptors (Lipinski definition) is 11. The summed E-state index contributed by atoms with van der Waals surface area (Å²) >= 11 is 0. The molecule has 0 unspecified atom stereocenters. The molecule has 0 fully saturated rings. The predicted molar refractivity (Wildman–Crippen MR) is 118 cm³/mol. The van der Waals surface area contributed by atoms with Crippen molar-refractivity contribution >= 4 is 31.6 Å². The Balaban J connectivity index is 0.000000572. The molecular weight excluding hydrogens is 533 g/mol. The van der Waals surface area contributed by atoms with Gasteiger partial charge in [0.15, 0.2) is 9.84 Å². The minimum absolute atomic E-state index is 0.120. The maximum atomic E-state index is 12.7. The van der Waals surface area contributed by atoms with Gasteiger partial charge < -0.3 is 16.6 Å². The number of sulfonamides is 1. The molecule has 0 atom stereocenters. The number of anilines is 1. The second-order valence-electron chi connectivity index (χ2n) is 6.93. The summed E-state index contributed by atoms with van der Waals surface area (Å²) in [6.07, 6.45) is -3.66. The maximum Gasteiger partial charge on any atom is 0.490 e. The highest BCUT2D eigenvalue weighted by Crippen LogP contribution is 2.39. The number of hydrogen-bond donors (Lipinski definition) is 5. The lowest BCUT2D eigenvalue weighted by molar-refractivity contribution is -0.192. The number of halogens is 3. The molecule has 8 N–H and O–H groups in total. The number of nitrogen functional groups attached to an aromatic ring is 1. The smallest absolute Gasteiger partial charge is 0.475 e. The van der Waals surface area contributed by atoms with Crippen LogP contribution in [0.1, 0.15) is 5.56 Å². The molecule has 1 aromatic carbocycles. The highest BCUT2D eigenvalue weighted by atomic mass is 32.2. The SMILES string of the molecule is Cc1cc(-c2ccc(S(=O)(=O)CCN)c(S(N)(=O)=O)c2-c2nn[nH]n2)cnc1N.O=C(O)C(F)(F)F. The third-order valence-electron chi connectivity index (χ3n) is 4.37. The van der Waals surface area contributed by atoms with Crippen LogP contribution in [0.5, 0.6) is 0 Å². The summed E-state index contributed by atoms with van der Waals surface area (Å²) in [6, 6.07) is 4.26. The number of aromatic nitrogens is 5.